The Balaban J connectivity index is 0.00000233. The molecule has 1 unspecified atom stereocenters. The number of carbonyl (C=O) groups is 2. The van der Waals surface area contributed by atoms with Gasteiger partial charge in [0.1, 0.15) is 0 Å². The molecule has 0 heterocycles. The topological polar surface area (TPSA) is 104 Å². The van der Waals surface area contributed by atoms with Crippen molar-refractivity contribution in [2.45, 2.75) is 84.6 Å². The number of fused-ring (bicyclic) bond motifs is 1. The van der Waals surface area contributed by atoms with Crippen molar-refractivity contribution in [3.05, 3.63) is 34.9 Å². The lowest BCUT2D eigenvalue weighted by Gasteiger charge is -2.45. The normalized spacial score (nSPS) is 17.2. The highest BCUT2D eigenvalue weighted by Gasteiger charge is 2.41. The van der Waals surface area contributed by atoms with Crippen molar-refractivity contribution in [2.75, 3.05) is 20.2 Å². The molecule has 0 bridgehead atoms. The molecule has 0 aromatic heterocycles. The van der Waals surface area contributed by atoms with Gasteiger partial charge in [0.05, 0.1) is 0 Å². The van der Waals surface area contributed by atoms with E-state index in [0.717, 1.165) is 45.8 Å². The minimum absolute atomic E-state index is 0.00846. The van der Waals surface area contributed by atoms with E-state index in [-0.39, 0.29) is 22.6 Å². The summed E-state index contributed by atoms with van der Waals surface area (Å²) in [5, 5.41) is 13.8. The zero-order valence-corrected chi connectivity index (χ0v) is 20.3. The fourth-order valence-corrected chi connectivity index (χ4v) is 4.73. The second kappa shape index (κ2) is 12.2. The molecule has 6 heteroatoms. The van der Waals surface area contributed by atoms with Gasteiger partial charge < -0.3 is 21.5 Å². The molecule has 0 fully saturated rings. The summed E-state index contributed by atoms with van der Waals surface area (Å²) >= 11 is 0. The van der Waals surface area contributed by atoms with Crippen LogP contribution in [0.5, 0.6) is 0 Å². The van der Waals surface area contributed by atoms with E-state index in [0.29, 0.717) is 24.6 Å². The molecule has 2 rings (SSSR count). The smallest absolute Gasteiger partial charge is 0.248 e. The first kappa shape index (κ1) is 27.1. The molecular weight excluding hydrogens is 390 g/mol. The zero-order chi connectivity index (χ0) is 23.7. The fraction of sp³-hybridized carbons (Fsp3) is 0.680. The third-order valence-corrected chi connectivity index (χ3v) is 6.32. The minimum atomic E-state index is -0.366. The third-order valence-electron chi connectivity index (χ3n) is 6.32. The number of carbonyl (C=O) groups excluding carboxylic acids is 2. The summed E-state index contributed by atoms with van der Waals surface area (Å²) in [6, 6.07) is 6.31. The van der Waals surface area contributed by atoms with Crippen molar-refractivity contribution in [1.29, 1.82) is 0 Å². The molecule has 1 aliphatic carbocycles. The standard InChI is InChI=1S/C24H39N3O2.CH4O/c1-6-24(7-2)19-15-18(22(25)29)10-9-17(19)11-12-20(24)26-13-8-14-27-21(28)16-23(3,4)5;1-2/h9-10,15,20,26H,6-8,11-14,16H2,1-5H3,(H2,25,29)(H,27,28);2H,1H3. The highest BCUT2D eigenvalue weighted by atomic mass is 16.2. The quantitative estimate of drug-likeness (QED) is 0.449. The highest BCUT2D eigenvalue weighted by molar-refractivity contribution is 5.93. The lowest BCUT2D eigenvalue weighted by Crippen LogP contribution is -2.51. The number of hydrogen-bond donors (Lipinski definition) is 4. The van der Waals surface area contributed by atoms with Crippen LogP contribution >= 0.6 is 0 Å². The van der Waals surface area contributed by atoms with Crippen LogP contribution < -0.4 is 16.4 Å². The Hall–Kier alpha value is -1.92. The van der Waals surface area contributed by atoms with Crippen molar-refractivity contribution < 1.29 is 14.7 Å². The monoisotopic (exact) mass is 433 g/mol. The molecule has 5 N–H and O–H groups in total. The number of benzene rings is 1. The first-order valence-corrected chi connectivity index (χ1v) is 11.5. The Labute approximate surface area is 188 Å². The molecular formula is C25H43N3O3. The van der Waals surface area contributed by atoms with Crippen LogP contribution in [-0.4, -0.2) is 43.2 Å². The molecule has 31 heavy (non-hydrogen) atoms. The summed E-state index contributed by atoms with van der Waals surface area (Å²) < 4.78 is 0. The average molecular weight is 434 g/mol. The number of amides is 2. The van der Waals surface area contributed by atoms with E-state index in [1.54, 1.807) is 0 Å². The number of aliphatic hydroxyl groups excluding tert-OH is 1. The number of aliphatic hydroxyl groups is 1. The van der Waals surface area contributed by atoms with Crippen LogP contribution in [0.2, 0.25) is 0 Å². The highest BCUT2D eigenvalue weighted by Crippen LogP contribution is 2.43. The summed E-state index contributed by atoms with van der Waals surface area (Å²) in [4.78, 5) is 23.7. The maximum Gasteiger partial charge on any atom is 0.248 e. The first-order valence-electron chi connectivity index (χ1n) is 11.5. The number of nitrogens with one attached hydrogen (secondary N) is 2. The Morgan fingerprint density at radius 3 is 2.35 bits per heavy atom. The molecule has 1 aliphatic rings. The molecule has 0 radical (unpaired) electrons. The zero-order valence-electron chi connectivity index (χ0n) is 20.3. The van der Waals surface area contributed by atoms with Crippen LogP contribution in [0.4, 0.5) is 0 Å². The van der Waals surface area contributed by atoms with E-state index in [1.165, 1.54) is 11.1 Å². The van der Waals surface area contributed by atoms with Crippen LogP contribution in [0.1, 0.15) is 88.2 Å². The Morgan fingerprint density at radius 1 is 1.16 bits per heavy atom. The van der Waals surface area contributed by atoms with Crippen molar-refractivity contribution in [3.63, 3.8) is 0 Å². The van der Waals surface area contributed by atoms with Gasteiger partial charge in [0.25, 0.3) is 0 Å². The molecule has 0 spiro atoms. The van der Waals surface area contributed by atoms with Gasteiger partial charge in [-0.2, -0.15) is 0 Å². The van der Waals surface area contributed by atoms with Crippen molar-refractivity contribution in [1.82, 2.24) is 10.6 Å². The van der Waals surface area contributed by atoms with Crippen molar-refractivity contribution in [2.24, 2.45) is 11.1 Å². The first-order chi connectivity index (χ1) is 14.6. The SMILES string of the molecule is CCC1(CC)c2cc(C(N)=O)ccc2CCC1NCCCNC(=O)CC(C)(C)C.CO. The summed E-state index contributed by atoms with van der Waals surface area (Å²) in [6.45, 7) is 12.3. The fourth-order valence-electron chi connectivity index (χ4n) is 4.73. The number of aryl methyl sites for hydroxylation is 1. The second-order valence-corrected chi connectivity index (χ2v) is 9.59. The van der Waals surface area contributed by atoms with E-state index in [1.807, 2.05) is 12.1 Å². The Morgan fingerprint density at radius 2 is 1.81 bits per heavy atom. The summed E-state index contributed by atoms with van der Waals surface area (Å²) in [5.74, 6) is -0.241. The van der Waals surface area contributed by atoms with Crippen molar-refractivity contribution in [3.8, 4) is 0 Å². The van der Waals surface area contributed by atoms with Gasteiger partial charge in [0, 0.05) is 37.1 Å². The lowest BCUT2D eigenvalue weighted by atomic mass is 9.63. The van der Waals surface area contributed by atoms with E-state index in [2.05, 4.69) is 51.3 Å². The van der Waals surface area contributed by atoms with Crippen LogP contribution in [-0.2, 0) is 16.6 Å². The van der Waals surface area contributed by atoms with Crippen LogP contribution in [0, 0.1) is 5.41 Å². The van der Waals surface area contributed by atoms with Gasteiger partial charge in [-0.05, 0) is 67.3 Å². The second-order valence-electron chi connectivity index (χ2n) is 9.59. The molecule has 0 saturated heterocycles. The number of hydrogen-bond acceptors (Lipinski definition) is 4. The maximum absolute atomic E-state index is 12.0. The predicted octanol–water partition coefficient (Wildman–Crippen LogP) is 3.30. The molecule has 2 amide bonds. The Kier molecular flexibility index (Phi) is 10.7. The molecule has 0 saturated carbocycles. The van der Waals surface area contributed by atoms with Gasteiger partial charge in [-0.3, -0.25) is 9.59 Å². The molecule has 6 nitrogen and oxygen atoms in total. The van der Waals surface area contributed by atoms with E-state index < -0.39 is 0 Å². The van der Waals surface area contributed by atoms with Crippen LogP contribution in [0.3, 0.4) is 0 Å². The summed E-state index contributed by atoms with van der Waals surface area (Å²) in [7, 11) is 1.00. The van der Waals surface area contributed by atoms with E-state index in [9.17, 15) is 9.59 Å². The molecule has 0 aliphatic heterocycles. The summed E-state index contributed by atoms with van der Waals surface area (Å²) in [6.07, 6.45) is 5.58. The van der Waals surface area contributed by atoms with Gasteiger partial charge in [-0.25, -0.2) is 0 Å². The number of primary amides is 1. The lowest BCUT2D eigenvalue weighted by molar-refractivity contribution is -0.122. The maximum atomic E-state index is 12.0. The summed E-state index contributed by atoms with van der Waals surface area (Å²) in [5.41, 5.74) is 8.78. The van der Waals surface area contributed by atoms with Crippen molar-refractivity contribution >= 4 is 11.8 Å². The van der Waals surface area contributed by atoms with E-state index in [4.69, 9.17) is 10.8 Å². The molecule has 1 atom stereocenters. The largest absolute Gasteiger partial charge is 0.400 e. The third kappa shape index (κ3) is 7.32. The van der Waals surface area contributed by atoms with Gasteiger partial charge in [0.2, 0.25) is 11.8 Å². The van der Waals surface area contributed by atoms with Gasteiger partial charge in [-0.15, -0.1) is 0 Å². The molecule has 176 valence electrons. The Bertz CT molecular complexity index is 721. The number of nitrogens with two attached hydrogens (primary N) is 1. The molecule has 1 aromatic rings. The van der Waals surface area contributed by atoms with Crippen LogP contribution in [0.25, 0.3) is 0 Å². The van der Waals surface area contributed by atoms with Gasteiger partial charge in [-0.1, -0.05) is 40.7 Å². The van der Waals surface area contributed by atoms with Gasteiger partial charge in [0.15, 0.2) is 0 Å². The molecule has 1 aromatic carbocycles. The van der Waals surface area contributed by atoms with E-state index >= 15 is 0 Å². The predicted molar refractivity (Wildman–Crippen MR) is 127 cm³/mol. The van der Waals surface area contributed by atoms with Gasteiger partial charge >= 0.3 is 0 Å². The number of rotatable bonds is 9. The average Bonchev–Trinajstić information content (AvgIpc) is 2.73. The minimum Gasteiger partial charge on any atom is -0.400 e. The van der Waals surface area contributed by atoms with Crippen LogP contribution in [0.15, 0.2) is 18.2 Å².